The normalized spacial score (nSPS) is 16.5. The van der Waals surface area contributed by atoms with E-state index in [4.69, 9.17) is 16.3 Å². The molecule has 2 heterocycles. The van der Waals surface area contributed by atoms with E-state index in [9.17, 15) is 8.42 Å². The van der Waals surface area contributed by atoms with Crippen molar-refractivity contribution >= 4 is 38.2 Å². The highest BCUT2D eigenvalue weighted by atomic mass is 35.5. The number of sulfone groups is 1. The van der Waals surface area contributed by atoms with Gasteiger partial charge >= 0.3 is 0 Å². The Hall–Kier alpha value is -2.26. The quantitative estimate of drug-likeness (QED) is 0.622. The lowest BCUT2D eigenvalue weighted by atomic mass is 10.0. The summed E-state index contributed by atoms with van der Waals surface area (Å²) in [7, 11) is -3.32. The molecule has 0 bridgehead atoms. The Morgan fingerprint density at radius 2 is 1.87 bits per heavy atom. The maximum absolute atomic E-state index is 12.0. The highest BCUT2D eigenvalue weighted by molar-refractivity contribution is 7.90. The molecule has 0 aliphatic carbocycles. The van der Waals surface area contributed by atoms with Crippen molar-refractivity contribution in [2.45, 2.75) is 10.9 Å². The Labute approximate surface area is 181 Å². The van der Waals surface area contributed by atoms with Crippen molar-refractivity contribution in [1.29, 1.82) is 0 Å². The Bertz CT molecular complexity index is 1130. The second-order valence-corrected chi connectivity index (χ2v) is 9.72. The zero-order valence-electron chi connectivity index (χ0n) is 16.6. The summed E-state index contributed by atoms with van der Waals surface area (Å²) in [5.74, 6) is 0.609. The van der Waals surface area contributed by atoms with E-state index >= 15 is 0 Å². The molecule has 1 unspecified atom stereocenters. The molecule has 4 rings (SSSR count). The van der Waals surface area contributed by atoms with Crippen LogP contribution >= 0.6 is 11.6 Å². The molecular weight excluding hydrogens is 424 g/mol. The van der Waals surface area contributed by atoms with Gasteiger partial charge in [-0.25, -0.2) is 18.4 Å². The summed E-state index contributed by atoms with van der Waals surface area (Å²) < 4.78 is 29.5. The first-order chi connectivity index (χ1) is 14.4. The number of ether oxygens (including phenoxy) is 1. The molecule has 0 spiro atoms. The van der Waals surface area contributed by atoms with Crippen LogP contribution in [-0.2, 0) is 14.6 Å². The molecule has 3 aromatic rings. The summed E-state index contributed by atoms with van der Waals surface area (Å²) in [6.45, 7) is 3.64. The van der Waals surface area contributed by atoms with Crippen LogP contribution in [0.2, 0.25) is 5.02 Å². The largest absolute Gasteiger partial charge is 0.379 e. The Balaban J connectivity index is 1.64. The molecule has 7 nitrogen and oxygen atoms in total. The summed E-state index contributed by atoms with van der Waals surface area (Å²) in [4.78, 5) is 11.2. The van der Waals surface area contributed by atoms with Gasteiger partial charge in [0.2, 0.25) is 0 Å². The minimum absolute atomic E-state index is 0.0919. The van der Waals surface area contributed by atoms with Gasteiger partial charge in [0.25, 0.3) is 0 Å². The van der Waals surface area contributed by atoms with Gasteiger partial charge in [0.1, 0.15) is 12.1 Å². The Morgan fingerprint density at radius 1 is 1.13 bits per heavy atom. The number of anilines is 1. The highest BCUT2D eigenvalue weighted by Crippen LogP contribution is 2.27. The molecule has 1 aliphatic heterocycles. The first-order valence-electron chi connectivity index (χ1n) is 9.68. The van der Waals surface area contributed by atoms with Crippen molar-refractivity contribution in [2.75, 3.05) is 44.4 Å². The lowest BCUT2D eigenvalue weighted by Crippen LogP contribution is -2.41. The van der Waals surface area contributed by atoms with Crippen LogP contribution in [0.5, 0.6) is 0 Å². The van der Waals surface area contributed by atoms with Crippen molar-refractivity contribution in [3.63, 3.8) is 0 Å². The topological polar surface area (TPSA) is 84.4 Å². The van der Waals surface area contributed by atoms with E-state index < -0.39 is 9.84 Å². The fraction of sp³-hybridized carbons (Fsp3) is 0.333. The first-order valence-corrected chi connectivity index (χ1v) is 11.9. The van der Waals surface area contributed by atoms with Crippen LogP contribution in [0, 0.1) is 0 Å². The minimum Gasteiger partial charge on any atom is -0.379 e. The lowest BCUT2D eigenvalue weighted by molar-refractivity contribution is 0.0187. The number of aromatic nitrogens is 2. The molecule has 1 aromatic heterocycles. The van der Waals surface area contributed by atoms with E-state index in [1.54, 1.807) is 18.2 Å². The maximum atomic E-state index is 12.0. The van der Waals surface area contributed by atoms with Gasteiger partial charge in [-0.3, -0.25) is 4.90 Å². The predicted molar refractivity (Wildman–Crippen MR) is 118 cm³/mol. The summed E-state index contributed by atoms with van der Waals surface area (Å²) in [6.07, 6.45) is 2.68. The summed E-state index contributed by atoms with van der Waals surface area (Å²) >= 11 is 6.08. The van der Waals surface area contributed by atoms with E-state index in [0.29, 0.717) is 41.5 Å². The zero-order chi connectivity index (χ0) is 21.1. The van der Waals surface area contributed by atoms with Crippen molar-refractivity contribution in [1.82, 2.24) is 14.9 Å². The molecule has 158 valence electrons. The van der Waals surface area contributed by atoms with Gasteiger partial charge < -0.3 is 10.1 Å². The van der Waals surface area contributed by atoms with Crippen LogP contribution in [-0.4, -0.2) is 62.4 Å². The van der Waals surface area contributed by atoms with Gasteiger partial charge in [-0.2, -0.15) is 0 Å². The number of morpholine rings is 1. The molecule has 1 aliphatic rings. The summed E-state index contributed by atoms with van der Waals surface area (Å²) in [5, 5.41) is 4.79. The van der Waals surface area contributed by atoms with Gasteiger partial charge in [-0.15, -0.1) is 0 Å². The number of hydrogen-bond acceptors (Lipinski definition) is 7. The monoisotopic (exact) mass is 446 g/mol. The number of fused-ring (bicyclic) bond motifs is 1. The lowest BCUT2D eigenvalue weighted by Gasteiger charge is -2.35. The van der Waals surface area contributed by atoms with Crippen LogP contribution in [0.1, 0.15) is 11.6 Å². The van der Waals surface area contributed by atoms with Crippen LogP contribution in [0.4, 0.5) is 5.82 Å². The summed E-state index contributed by atoms with van der Waals surface area (Å²) in [6, 6.07) is 12.8. The first kappa shape index (κ1) is 21.0. The number of nitrogens with one attached hydrogen (secondary N) is 1. The van der Waals surface area contributed by atoms with Crippen LogP contribution in [0.15, 0.2) is 53.7 Å². The van der Waals surface area contributed by atoms with Gasteiger partial charge in [0.15, 0.2) is 9.84 Å². The van der Waals surface area contributed by atoms with E-state index in [2.05, 4.69) is 20.2 Å². The number of hydrogen-bond donors (Lipinski definition) is 1. The number of rotatable bonds is 6. The number of nitrogens with zero attached hydrogens (tertiary/aromatic N) is 3. The predicted octanol–water partition coefficient (Wildman–Crippen LogP) is 3.17. The molecule has 2 aromatic carbocycles. The fourth-order valence-corrected chi connectivity index (χ4v) is 4.41. The standard InChI is InChI=1S/C21H23ClN4O3S/c1-30(27,28)17-6-7-19-18(12-17)21(25-14-24-19)23-13-20(26-8-10-29-11-9-26)15-2-4-16(22)5-3-15/h2-7,12,14,20H,8-11,13H2,1H3,(H,23,24,25). The fourth-order valence-electron chi connectivity index (χ4n) is 3.63. The molecule has 0 amide bonds. The van der Waals surface area contributed by atoms with Crippen LogP contribution in [0.3, 0.4) is 0 Å². The second kappa shape index (κ2) is 8.85. The smallest absolute Gasteiger partial charge is 0.175 e. The molecule has 0 radical (unpaired) electrons. The highest BCUT2D eigenvalue weighted by Gasteiger charge is 2.23. The molecular formula is C21H23ClN4O3S. The van der Waals surface area contributed by atoms with Crippen molar-refractivity contribution < 1.29 is 13.2 Å². The zero-order valence-corrected chi connectivity index (χ0v) is 18.2. The van der Waals surface area contributed by atoms with Gasteiger partial charge in [-0.05, 0) is 35.9 Å². The van der Waals surface area contributed by atoms with E-state index in [1.807, 2.05) is 24.3 Å². The molecule has 0 saturated carbocycles. The molecule has 1 atom stereocenters. The average Bonchev–Trinajstić information content (AvgIpc) is 2.75. The van der Waals surface area contributed by atoms with Crippen LogP contribution in [0.25, 0.3) is 10.9 Å². The second-order valence-electron chi connectivity index (χ2n) is 7.27. The SMILES string of the molecule is CS(=O)(=O)c1ccc2ncnc(NCC(c3ccc(Cl)cc3)N3CCOCC3)c2c1. The van der Waals surface area contributed by atoms with Gasteiger partial charge in [-0.1, -0.05) is 23.7 Å². The third kappa shape index (κ3) is 4.73. The van der Waals surface area contributed by atoms with E-state index in [1.165, 1.54) is 12.6 Å². The van der Waals surface area contributed by atoms with E-state index in [0.717, 1.165) is 18.7 Å². The molecule has 9 heteroatoms. The average molecular weight is 447 g/mol. The third-order valence-electron chi connectivity index (χ3n) is 5.24. The van der Waals surface area contributed by atoms with Crippen molar-refractivity contribution in [2.24, 2.45) is 0 Å². The van der Waals surface area contributed by atoms with E-state index in [-0.39, 0.29) is 10.9 Å². The number of halogens is 1. The van der Waals surface area contributed by atoms with Crippen molar-refractivity contribution in [3.05, 3.63) is 59.4 Å². The Morgan fingerprint density at radius 3 is 2.57 bits per heavy atom. The molecule has 1 fully saturated rings. The maximum Gasteiger partial charge on any atom is 0.175 e. The van der Waals surface area contributed by atoms with Crippen molar-refractivity contribution in [3.8, 4) is 0 Å². The van der Waals surface area contributed by atoms with Crippen LogP contribution < -0.4 is 5.32 Å². The third-order valence-corrected chi connectivity index (χ3v) is 6.60. The minimum atomic E-state index is -3.32. The van der Waals surface area contributed by atoms with Gasteiger partial charge in [0, 0.05) is 36.3 Å². The Kier molecular flexibility index (Phi) is 6.19. The summed E-state index contributed by atoms with van der Waals surface area (Å²) in [5.41, 5.74) is 1.83. The molecule has 1 saturated heterocycles. The van der Waals surface area contributed by atoms with Gasteiger partial charge in [0.05, 0.1) is 29.7 Å². The molecule has 1 N–H and O–H groups in total. The number of benzene rings is 2. The molecule has 30 heavy (non-hydrogen) atoms.